The second-order valence-electron chi connectivity index (χ2n) is 8.66. The summed E-state index contributed by atoms with van der Waals surface area (Å²) in [6, 6.07) is 15.2. The third-order valence-corrected chi connectivity index (χ3v) is 6.39. The topological polar surface area (TPSA) is 91.3 Å². The number of hydrogen-bond acceptors (Lipinski definition) is 6. The van der Waals surface area contributed by atoms with Gasteiger partial charge in [0.05, 0.1) is 19.3 Å². The highest BCUT2D eigenvalue weighted by molar-refractivity contribution is 5.85. The largest absolute Gasteiger partial charge is 0.480 e. The summed E-state index contributed by atoms with van der Waals surface area (Å²) in [5.74, 6) is 0.591. The van der Waals surface area contributed by atoms with Crippen molar-refractivity contribution < 1.29 is 24.2 Å². The summed E-state index contributed by atoms with van der Waals surface area (Å²) in [4.78, 5) is 28.9. The van der Waals surface area contributed by atoms with Gasteiger partial charge in [0.25, 0.3) is 5.91 Å². The number of aliphatic hydroxyl groups is 1. The van der Waals surface area contributed by atoms with Crippen LogP contribution in [-0.4, -0.2) is 72.9 Å². The first-order chi connectivity index (χ1) is 15.9. The Morgan fingerprint density at radius 1 is 1.24 bits per heavy atom. The summed E-state index contributed by atoms with van der Waals surface area (Å²) in [5, 5.41) is 12.6. The lowest BCUT2D eigenvalue weighted by molar-refractivity contribution is -0.140. The van der Waals surface area contributed by atoms with Crippen molar-refractivity contribution in [2.24, 2.45) is 0 Å². The van der Waals surface area contributed by atoms with Crippen LogP contribution in [0.25, 0.3) is 0 Å². The zero-order valence-electron chi connectivity index (χ0n) is 19.1. The van der Waals surface area contributed by atoms with Crippen molar-refractivity contribution in [3.8, 4) is 5.75 Å². The second-order valence-corrected chi connectivity index (χ2v) is 8.66. The van der Waals surface area contributed by atoms with Gasteiger partial charge in [-0.25, -0.2) is 4.79 Å². The first-order valence-electron chi connectivity index (χ1n) is 11.3. The van der Waals surface area contributed by atoms with Crippen molar-refractivity contribution in [1.82, 2.24) is 9.80 Å². The summed E-state index contributed by atoms with van der Waals surface area (Å²) in [5.41, 5.74) is 2.63. The Labute approximate surface area is 194 Å². The molecule has 33 heavy (non-hydrogen) atoms. The van der Waals surface area contributed by atoms with E-state index in [1.54, 1.807) is 17.0 Å². The van der Waals surface area contributed by atoms with Crippen molar-refractivity contribution in [3.63, 3.8) is 0 Å². The van der Waals surface area contributed by atoms with Crippen LogP contribution in [0.2, 0.25) is 0 Å². The number of likely N-dealkylation sites (tertiary alicyclic amines) is 1. The van der Waals surface area contributed by atoms with Gasteiger partial charge in [-0.2, -0.15) is 0 Å². The van der Waals surface area contributed by atoms with Crippen molar-refractivity contribution >= 4 is 17.7 Å². The van der Waals surface area contributed by atoms with E-state index in [4.69, 9.17) is 4.74 Å². The first kappa shape index (κ1) is 23.1. The number of anilines is 1. The molecule has 1 saturated heterocycles. The molecule has 1 fully saturated rings. The predicted molar refractivity (Wildman–Crippen MR) is 124 cm³/mol. The van der Waals surface area contributed by atoms with Gasteiger partial charge in [-0.3, -0.25) is 15.0 Å². The smallest absolute Gasteiger partial charge is 0.411 e. The van der Waals surface area contributed by atoms with Gasteiger partial charge in [-0.15, -0.1) is 0 Å². The Kier molecular flexibility index (Phi) is 7.15. The molecule has 0 saturated carbocycles. The SMILES string of the molecule is COC(=O)Nc1ccc2c(c1)CC[C@H](C(=O)N(C)[C@H](CN1CC[C@H](O)C1)c1ccccc1)O2. The van der Waals surface area contributed by atoms with Gasteiger partial charge < -0.3 is 19.5 Å². The fourth-order valence-corrected chi connectivity index (χ4v) is 4.54. The molecule has 2 amide bonds. The molecule has 2 N–H and O–H groups in total. The van der Waals surface area contributed by atoms with E-state index in [9.17, 15) is 14.7 Å². The lowest BCUT2D eigenvalue weighted by Gasteiger charge is -2.35. The predicted octanol–water partition coefficient (Wildman–Crippen LogP) is 2.82. The quantitative estimate of drug-likeness (QED) is 0.699. The van der Waals surface area contributed by atoms with Crippen LogP contribution in [0, 0.1) is 0 Å². The number of β-amino-alcohol motifs (C(OH)–C–C–N with tert-alkyl or cyclic N) is 1. The van der Waals surface area contributed by atoms with Crippen LogP contribution >= 0.6 is 0 Å². The van der Waals surface area contributed by atoms with Crippen molar-refractivity contribution in [2.75, 3.05) is 39.1 Å². The zero-order chi connectivity index (χ0) is 23.4. The highest BCUT2D eigenvalue weighted by atomic mass is 16.5. The average molecular weight is 454 g/mol. The summed E-state index contributed by atoms with van der Waals surface area (Å²) < 4.78 is 10.7. The number of aliphatic hydroxyl groups excluding tert-OH is 1. The Morgan fingerprint density at radius 3 is 2.73 bits per heavy atom. The molecule has 2 heterocycles. The maximum absolute atomic E-state index is 13.5. The summed E-state index contributed by atoms with van der Waals surface area (Å²) >= 11 is 0. The number of carbonyl (C=O) groups is 2. The fourth-order valence-electron chi connectivity index (χ4n) is 4.54. The van der Waals surface area contributed by atoms with E-state index in [1.807, 2.05) is 43.4 Å². The molecule has 0 unspecified atom stereocenters. The number of nitrogens with zero attached hydrogens (tertiary/aromatic N) is 2. The van der Waals surface area contributed by atoms with E-state index < -0.39 is 12.2 Å². The molecular formula is C25H31N3O5. The molecule has 0 radical (unpaired) electrons. The number of benzene rings is 2. The molecule has 2 aliphatic rings. The Bertz CT molecular complexity index is 983. The van der Waals surface area contributed by atoms with E-state index in [2.05, 4.69) is 15.0 Å². The number of fused-ring (bicyclic) bond motifs is 1. The summed E-state index contributed by atoms with van der Waals surface area (Å²) in [6.07, 6.45) is 0.580. The number of hydrogen-bond donors (Lipinski definition) is 2. The highest BCUT2D eigenvalue weighted by Crippen LogP contribution is 2.32. The summed E-state index contributed by atoms with van der Waals surface area (Å²) in [6.45, 7) is 2.11. The third kappa shape index (κ3) is 5.46. The van der Waals surface area contributed by atoms with E-state index in [1.165, 1.54) is 7.11 Å². The van der Waals surface area contributed by atoms with Crippen LogP contribution < -0.4 is 10.1 Å². The Morgan fingerprint density at radius 2 is 2.03 bits per heavy atom. The zero-order valence-corrected chi connectivity index (χ0v) is 19.1. The Hall–Kier alpha value is -3.10. The number of likely N-dealkylation sites (N-methyl/N-ethyl adjacent to an activating group) is 1. The third-order valence-electron chi connectivity index (χ3n) is 6.39. The minimum Gasteiger partial charge on any atom is -0.480 e. The average Bonchev–Trinajstić information content (AvgIpc) is 3.26. The molecule has 2 aromatic carbocycles. The molecule has 8 heteroatoms. The monoisotopic (exact) mass is 453 g/mol. The normalized spacial score (nSPS) is 20.9. The number of aryl methyl sites for hydroxylation is 1. The molecule has 0 spiro atoms. The van der Waals surface area contributed by atoms with Gasteiger partial charge in [0.1, 0.15) is 5.75 Å². The minimum atomic E-state index is -0.572. The van der Waals surface area contributed by atoms with Crippen molar-refractivity contribution in [1.29, 1.82) is 0 Å². The van der Waals surface area contributed by atoms with Gasteiger partial charge in [0.15, 0.2) is 6.10 Å². The van der Waals surface area contributed by atoms with Crippen LogP contribution in [0.3, 0.4) is 0 Å². The molecule has 3 atom stereocenters. The number of carbonyl (C=O) groups excluding carboxylic acids is 2. The van der Waals surface area contributed by atoms with E-state index in [-0.39, 0.29) is 18.1 Å². The molecular weight excluding hydrogens is 422 g/mol. The van der Waals surface area contributed by atoms with Crippen LogP contribution in [0.5, 0.6) is 5.75 Å². The number of nitrogens with one attached hydrogen (secondary N) is 1. The fraction of sp³-hybridized carbons (Fsp3) is 0.440. The van der Waals surface area contributed by atoms with Crippen LogP contribution in [0.4, 0.5) is 10.5 Å². The van der Waals surface area contributed by atoms with Gasteiger partial charge in [0, 0.05) is 32.4 Å². The number of amides is 2. The van der Waals surface area contributed by atoms with E-state index in [0.717, 1.165) is 24.1 Å². The standard InChI is InChI=1S/C25H31N3O5/c1-27(21(17-6-4-3-5-7-17)16-28-13-12-20(29)15-28)24(30)23-10-8-18-14-19(26-25(31)32-2)9-11-22(18)33-23/h3-7,9,11,14,20-21,23,29H,8,10,12-13,15-16H2,1-2H3,(H,26,31)/t20-,21+,23+/m0/s1. The minimum absolute atomic E-state index is 0.0639. The van der Waals surface area contributed by atoms with E-state index in [0.29, 0.717) is 37.4 Å². The molecule has 4 rings (SSSR count). The van der Waals surface area contributed by atoms with Crippen LogP contribution in [0.15, 0.2) is 48.5 Å². The second kappa shape index (κ2) is 10.2. The van der Waals surface area contributed by atoms with Gasteiger partial charge in [-0.05, 0) is 48.6 Å². The highest BCUT2D eigenvalue weighted by Gasteiger charge is 2.34. The maximum Gasteiger partial charge on any atom is 0.411 e. The lowest BCUT2D eigenvalue weighted by Crippen LogP contribution is -2.46. The summed E-state index contributed by atoms with van der Waals surface area (Å²) in [7, 11) is 3.15. The van der Waals surface area contributed by atoms with Crippen molar-refractivity contribution in [3.05, 3.63) is 59.7 Å². The number of rotatable bonds is 6. The van der Waals surface area contributed by atoms with Crippen LogP contribution in [-0.2, 0) is 16.0 Å². The van der Waals surface area contributed by atoms with Crippen molar-refractivity contribution in [2.45, 2.75) is 37.5 Å². The molecule has 2 aromatic rings. The first-order valence-corrected chi connectivity index (χ1v) is 11.3. The molecule has 2 aliphatic heterocycles. The molecule has 0 bridgehead atoms. The molecule has 176 valence electrons. The van der Waals surface area contributed by atoms with Crippen LogP contribution in [0.1, 0.15) is 30.0 Å². The van der Waals surface area contributed by atoms with E-state index >= 15 is 0 Å². The molecule has 0 aromatic heterocycles. The van der Waals surface area contributed by atoms with Gasteiger partial charge in [-0.1, -0.05) is 30.3 Å². The number of methoxy groups -OCH3 is 1. The van der Waals surface area contributed by atoms with Gasteiger partial charge >= 0.3 is 6.09 Å². The number of ether oxygens (including phenoxy) is 2. The van der Waals surface area contributed by atoms with Gasteiger partial charge in [0.2, 0.25) is 0 Å². The molecule has 0 aliphatic carbocycles. The lowest BCUT2D eigenvalue weighted by atomic mass is 9.99. The Balaban J connectivity index is 1.47. The maximum atomic E-state index is 13.5. The molecule has 8 nitrogen and oxygen atoms in total.